The van der Waals surface area contributed by atoms with E-state index in [2.05, 4.69) is 5.32 Å². The van der Waals surface area contributed by atoms with Gasteiger partial charge in [0, 0.05) is 17.0 Å². The number of esters is 1. The summed E-state index contributed by atoms with van der Waals surface area (Å²) >= 11 is 1.35. The minimum Gasteiger partial charge on any atom is -0.478 e. The van der Waals surface area contributed by atoms with Gasteiger partial charge < -0.3 is 15.2 Å². The molecule has 0 fully saturated rings. The Hall–Kier alpha value is -2.15. The first-order chi connectivity index (χ1) is 10.0. The Kier molecular flexibility index (Phi) is 4.74. The Morgan fingerprint density at radius 2 is 2.10 bits per heavy atom. The van der Waals surface area contributed by atoms with Crippen LogP contribution in [0.25, 0.3) is 0 Å². The van der Waals surface area contributed by atoms with Crippen molar-refractivity contribution in [1.29, 1.82) is 0 Å². The number of aryl methyl sites for hydroxylation is 1. The second kappa shape index (κ2) is 6.53. The highest BCUT2D eigenvalue weighted by molar-refractivity contribution is 7.17. The van der Waals surface area contributed by atoms with Gasteiger partial charge in [0.15, 0.2) is 0 Å². The van der Waals surface area contributed by atoms with Gasteiger partial charge in [-0.1, -0.05) is 0 Å². The van der Waals surface area contributed by atoms with Crippen LogP contribution in [0.15, 0.2) is 12.2 Å². The molecule has 0 spiro atoms. The van der Waals surface area contributed by atoms with E-state index >= 15 is 0 Å². The van der Waals surface area contributed by atoms with E-state index in [0.29, 0.717) is 10.6 Å². The fraction of sp³-hybridized carbons (Fsp3) is 0.357. The molecular formula is C14H15NO5S. The van der Waals surface area contributed by atoms with Crippen molar-refractivity contribution < 1.29 is 24.2 Å². The number of amides is 1. The summed E-state index contributed by atoms with van der Waals surface area (Å²) < 4.78 is 5.04. The van der Waals surface area contributed by atoms with Gasteiger partial charge in [0.05, 0.1) is 12.2 Å². The number of hydrogen-bond donors (Lipinski definition) is 2. The highest BCUT2D eigenvalue weighted by atomic mass is 32.1. The summed E-state index contributed by atoms with van der Waals surface area (Å²) in [6, 6.07) is 0. The number of carboxylic acids is 1. The van der Waals surface area contributed by atoms with Gasteiger partial charge >= 0.3 is 11.9 Å². The summed E-state index contributed by atoms with van der Waals surface area (Å²) in [6.07, 6.45) is 4.33. The van der Waals surface area contributed by atoms with Crippen LogP contribution >= 0.6 is 11.3 Å². The number of carbonyl (C=O) groups is 3. The molecule has 7 heteroatoms. The number of ether oxygens (including phenoxy) is 1. The van der Waals surface area contributed by atoms with Gasteiger partial charge in [-0.3, -0.25) is 4.79 Å². The van der Waals surface area contributed by atoms with Crippen molar-refractivity contribution in [3.8, 4) is 0 Å². The number of carbonyl (C=O) groups excluding carboxylic acids is 2. The van der Waals surface area contributed by atoms with Crippen molar-refractivity contribution in [1.82, 2.24) is 0 Å². The van der Waals surface area contributed by atoms with Crippen molar-refractivity contribution in [3.63, 3.8) is 0 Å². The molecule has 0 aliphatic heterocycles. The molecule has 1 aromatic rings. The van der Waals surface area contributed by atoms with E-state index in [1.165, 1.54) is 11.3 Å². The topological polar surface area (TPSA) is 92.7 Å². The molecule has 0 saturated heterocycles. The first kappa shape index (κ1) is 15.2. The van der Waals surface area contributed by atoms with Gasteiger partial charge in [-0.2, -0.15) is 0 Å². The van der Waals surface area contributed by atoms with Crippen LogP contribution in [0.1, 0.15) is 34.1 Å². The smallest absolute Gasteiger partial charge is 0.341 e. The number of rotatable bonds is 5. The quantitative estimate of drug-likeness (QED) is 0.641. The van der Waals surface area contributed by atoms with E-state index < -0.39 is 17.8 Å². The average Bonchev–Trinajstić information content (AvgIpc) is 2.96. The Balaban J connectivity index is 2.25. The van der Waals surface area contributed by atoms with Gasteiger partial charge in [0.25, 0.3) is 0 Å². The number of fused-ring (bicyclic) bond motifs is 1. The van der Waals surface area contributed by atoms with Gasteiger partial charge in [-0.25, -0.2) is 9.59 Å². The van der Waals surface area contributed by atoms with E-state index in [9.17, 15) is 14.4 Å². The maximum atomic E-state index is 12.1. The molecule has 0 aromatic carbocycles. The first-order valence-electron chi connectivity index (χ1n) is 6.56. The summed E-state index contributed by atoms with van der Waals surface area (Å²) in [6.45, 7) is 1.98. The number of aliphatic carboxylic acids is 1. The van der Waals surface area contributed by atoms with Crippen molar-refractivity contribution in [3.05, 3.63) is 28.2 Å². The molecule has 21 heavy (non-hydrogen) atoms. The average molecular weight is 309 g/mol. The summed E-state index contributed by atoms with van der Waals surface area (Å²) in [5.74, 6) is -2.23. The van der Waals surface area contributed by atoms with Crippen molar-refractivity contribution >= 4 is 34.2 Å². The minimum absolute atomic E-state index is 0.260. The summed E-state index contributed by atoms with van der Waals surface area (Å²) in [7, 11) is 0. The fourth-order valence-electron chi connectivity index (χ4n) is 2.21. The predicted molar refractivity (Wildman–Crippen MR) is 77.7 cm³/mol. The zero-order valence-corrected chi connectivity index (χ0v) is 12.3. The maximum Gasteiger partial charge on any atom is 0.341 e. The Morgan fingerprint density at radius 1 is 1.33 bits per heavy atom. The molecule has 1 aliphatic carbocycles. The molecule has 0 bridgehead atoms. The summed E-state index contributed by atoms with van der Waals surface area (Å²) in [4.78, 5) is 35.2. The maximum absolute atomic E-state index is 12.1. The van der Waals surface area contributed by atoms with Gasteiger partial charge in [-0.05, 0) is 31.7 Å². The monoisotopic (exact) mass is 309 g/mol. The highest BCUT2D eigenvalue weighted by Gasteiger charge is 2.27. The third-order valence-electron chi connectivity index (χ3n) is 3.01. The van der Waals surface area contributed by atoms with Crippen LogP contribution in [0.3, 0.4) is 0 Å². The number of carboxylic acid groups (broad SMARTS) is 1. The van der Waals surface area contributed by atoms with Crippen LogP contribution in [0.5, 0.6) is 0 Å². The van der Waals surface area contributed by atoms with Crippen molar-refractivity contribution in [2.45, 2.75) is 26.2 Å². The lowest BCUT2D eigenvalue weighted by Crippen LogP contribution is -2.13. The lowest BCUT2D eigenvalue weighted by Gasteiger charge is -2.06. The Labute approximate surface area is 125 Å². The van der Waals surface area contributed by atoms with Crippen LogP contribution in [0.2, 0.25) is 0 Å². The van der Waals surface area contributed by atoms with E-state index in [0.717, 1.165) is 41.9 Å². The Morgan fingerprint density at radius 3 is 2.76 bits per heavy atom. The molecule has 0 atom stereocenters. The minimum atomic E-state index is -1.20. The second-order valence-corrected chi connectivity index (χ2v) is 5.55. The molecule has 1 amide bonds. The molecule has 1 aliphatic rings. The third kappa shape index (κ3) is 3.49. The lowest BCUT2D eigenvalue weighted by atomic mass is 10.1. The number of thiophene rings is 1. The zero-order chi connectivity index (χ0) is 15.4. The third-order valence-corrected chi connectivity index (χ3v) is 4.22. The molecule has 112 valence electrons. The van der Waals surface area contributed by atoms with Gasteiger partial charge in [-0.15, -0.1) is 11.3 Å². The molecule has 6 nitrogen and oxygen atoms in total. The molecule has 2 N–H and O–H groups in total. The summed E-state index contributed by atoms with van der Waals surface area (Å²) in [5.41, 5.74) is 1.35. The molecule has 1 aromatic heterocycles. The van der Waals surface area contributed by atoms with E-state index in [1.54, 1.807) is 6.92 Å². The largest absolute Gasteiger partial charge is 0.478 e. The second-order valence-electron chi connectivity index (χ2n) is 4.44. The molecule has 2 rings (SSSR count). The molecule has 0 saturated carbocycles. The summed E-state index contributed by atoms with van der Waals surface area (Å²) in [5, 5.41) is 11.5. The molecule has 0 radical (unpaired) electrons. The van der Waals surface area contributed by atoms with Crippen LogP contribution in [-0.4, -0.2) is 29.6 Å². The Bertz CT molecular complexity index is 617. The van der Waals surface area contributed by atoms with Crippen molar-refractivity contribution in [2.75, 3.05) is 11.9 Å². The number of nitrogens with one attached hydrogen (secondary N) is 1. The lowest BCUT2D eigenvalue weighted by molar-refractivity contribution is -0.131. The van der Waals surface area contributed by atoms with Crippen LogP contribution in [0.4, 0.5) is 5.00 Å². The highest BCUT2D eigenvalue weighted by Crippen LogP contribution is 2.39. The molecule has 1 heterocycles. The number of hydrogen-bond acceptors (Lipinski definition) is 5. The van der Waals surface area contributed by atoms with Gasteiger partial charge in [0.2, 0.25) is 5.91 Å². The van der Waals surface area contributed by atoms with E-state index in [1.807, 2.05) is 0 Å². The van der Waals surface area contributed by atoms with Crippen LogP contribution in [0, 0.1) is 0 Å². The molecule has 0 unspecified atom stereocenters. The molecular weight excluding hydrogens is 294 g/mol. The van der Waals surface area contributed by atoms with E-state index in [4.69, 9.17) is 9.84 Å². The normalized spacial score (nSPS) is 13.2. The van der Waals surface area contributed by atoms with Crippen molar-refractivity contribution in [2.24, 2.45) is 0 Å². The number of anilines is 1. The first-order valence-corrected chi connectivity index (χ1v) is 7.38. The van der Waals surface area contributed by atoms with Gasteiger partial charge in [0.1, 0.15) is 5.00 Å². The van der Waals surface area contributed by atoms with Crippen LogP contribution in [-0.2, 0) is 27.2 Å². The fourth-order valence-corrected chi connectivity index (χ4v) is 3.49. The predicted octanol–water partition coefficient (Wildman–Crippen LogP) is 1.99. The zero-order valence-electron chi connectivity index (χ0n) is 11.5. The van der Waals surface area contributed by atoms with Crippen LogP contribution < -0.4 is 5.32 Å². The SMILES string of the molecule is CCOC(=O)c1c(NC(=O)/C=C/C(=O)O)sc2c1CCC2. The standard InChI is InChI=1S/C14H15NO5S/c1-2-20-14(19)12-8-4-3-5-9(8)21-13(12)15-10(16)6-7-11(17)18/h6-7H,2-5H2,1H3,(H,15,16)(H,17,18)/b7-6+. The van der Waals surface area contributed by atoms with E-state index in [-0.39, 0.29) is 6.61 Å².